The summed E-state index contributed by atoms with van der Waals surface area (Å²) in [5, 5.41) is 0. The lowest BCUT2D eigenvalue weighted by Gasteiger charge is -2.21. The summed E-state index contributed by atoms with van der Waals surface area (Å²) in [5.74, 6) is 2.89. The average molecular weight is 525 g/mol. The van der Waals surface area contributed by atoms with Gasteiger partial charge in [0.15, 0.2) is 24.1 Å². The van der Waals surface area contributed by atoms with Crippen molar-refractivity contribution in [3.05, 3.63) is 81.0 Å². The second-order valence-corrected chi connectivity index (χ2v) is 8.55. The number of ether oxygens (including phenoxy) is 6. The molecule has 0 N–H and O–H groups in total. The van der Waals surface area contributed by atoms with Crippen molar-refractivity contribution < 1.29 is 33.2 Å². The fourth-order valence-corrected chi connectivity index (χ4v) is 4.50. The van der Waals surface area contributed by atoms with Crippen molar-refractivity contribution in [3.8, 4) is 28.7 Å². The van der Waals surface area contributed by atoms with Gasteiger partial charge in [-0.15, -0.1) is 0 Å². The first-order chi connectivity index (χ1) is 16.6. The zero-order valence-corrected chi connectivity index (χ0v) is 20.1. The van der Waals surface area contributed by atoms with Crippen molar-refractivity contribution in [1.29, 1.82) is 0 Å². The maximum atomic E-state index is 12.9. The molecule has 174 valence electrons. The topological polar surface area (TPSA) is 72.5 Å². The maximum absolute atomic E-state index is 12.9. The number of hydrogen-bond donors (Lipinski definition) is 0. The molecular formula is C26H21BrO7. The van der Waals surface area contributed by atoms with Crippen LogP contribution in [-0.2, 0) is 18.0 Å². The van der Waals surface area contributed by atoms with Crippen LogP contribution in [-0.4, -0.2) is 26.8 Å². The fraction of sp³-hybridized carbons (Fsp3) is 0.192. The molecule has 2 heterocycles. The zero-order valence-electron chi connectivity index (χ0n) is 18.6. The highest BCUT2D eigenvalue weighted by Crippen LogP contribution is 2.38. The minimum atomic E-state index is -0.208. The monoisotopic (exact) mass is 524 g/mol. The van der Waals surface area contributed by atoms with Gasteiger partial charge in [-0.3, -0.25) is 4.79 Å². The lowest BCUT2D eigenvalue weighted by molar-refractivity contribution is -0.0176. The van der Waals surface area contributed by atoms with Crippen molar-refractivity contribution in [1.82, 2.24) is 0 Å². The van der Waals surface area contributed by atoms with Gasteiger partial charge in [-0.1, -0.05) is 28.1 Å². The summed E-state index contributed by atoms with van der Waals surface area (Å²) in [4.78, 5) is 12.9. The minimum absolute atomic E-state index is 0.202. The molecule has 0 radical (unpaired) electrons. The van der Waals surface area contributed by atoms with Gasteiger partial charge in [-0.05, 0) is 36.4 Å². The number of hydrogen-bond acceptors (Lipinski definition) is 7. The van der Waals surface area contributed by atoms with Gasteiger partial charge in [0, 0.05) is 27.2 Å². The van der Waals surface area contributed by atoms with Crippen LogP contribution in [0.4, 0.5) is 0 Å². The lowest BCUT2D eigenvalue weighted by Crippen LogP contribution is -2.14. The number of methoxy groups -OCH3 is 2. The van der Waals surface area contributed by atoms with E-state index in [9.17, 15) is 4.79 Å². The molecule has 8 heteroatoms. The zero-order chi connectivity index (χ0) is 23.7. The Morgan fingerprint density at radius 2 is 1.97 bits per heavy atom. The molecule has 2 aliphatic heterocycles. The summed E-state index contributed by atoms with van der Waals surface area (Å²) >= 11 is 3.52. The number of rotatable bonds is 6. The van der Waals surface area contributed by atoms with Crippen LogP contribution in [0, 0.1) is 0 Å². The van der Waals surface area contributed by atoms with Crippen LogP contribution < -0.4 is 23.7 Å². The normalized spacial score (nSPS) is 15.3. The third kappa shape index (κ3) is 4.22. The number of fused-ring (bicyclic) bond motifs is 2. The van der Waals surface area contributed by atoms with Gasteiger partial charge in [0.2, 0.25) is 5.78 Å². The minimum Gasteiger partial charge on any atom is -0.493 e. The number of allylic oxidation sites excluding steroid dienone is 1. The van der Waals surface area contributed by atoms with Gasteiger partial charge < -0.3 is 28.4 Å². The first-order valence-corrected chi connectivity index (χ1v) is 11.3. The van der Waals surface area contributed by atoms with Gasteiger partial charge in [0.05, 0.1) is 26.4 Å². The van der Waals surface area contributed by atoms with E-state index < -0.39 is 0 Å². The molecule has 0 aliphatic carbocycles. The summed E-state index contributed by atoms with van der Waals surface area (Å²) in [6, 6.07) is 14.5. The Morgan fingerprint density at radius 1 is 1.09 bits per heavy atom. The van der Waals surface area contributed by atoms with E-state index in [1.54, 1.807) is 44.6 Å². The summed E-state index contributed by atoms with van der Waals surface area (Å²) in [5.41, 5.74) is 3.01. The molecule has 0 bridgehead atoms. The van der Waals surface area contributed by atoms with Gasteiger partial charge in [0.25, 0.3) is 0 Å². The number of Topliss-reactive ketones (excluding diaryl/α,β-unsaturated/α-hetero) is 1. The van der Waals surface area contributed by atoms with E-state index in [0.717, 1.165) is 21.3 Å². The van der Waals surface area contributed by atoms with E-state index in [2.05, 4.69) is 15.9 Å². The summed E-state index contributed by atoms with van der Waals surface area (Å²) in [6.45, 7) is 0.992. The predicted molar refractivity (Wildman–Crippen MR) is 128 cm³/mol. The number of halogens is 1. The molecule has 3 aromatic carbocycles. The Balaban J connectivity index is 1.36. The molecule has 0 saturated heterocycles. The van der Waals surface area contributed by atoms with Crippen molar-refractivity contribution in [3.63, 3.8) is 0 Å². The predicted octanol–water partition coefficient (Wildman–Crippen LogP) is 5.53. The van der Waals surface area contributed by atoms with Crippen molar-refractivity contribution >= 4 is 27.8 Å². The number of carbonyl (C=O) groups excluding carboxylic acids is 1. The molecule has 0 saturated carbocycles. The maximum Gasteiger partial charge on any atom is 0.231 e. The van der Waals surface area contributed by atoms with Crippen LogP contribution in [0.1, 0.15) is 27.0 Å². The molecule has 0 unspecified atom stereocenters. The molecule has 5 rings (SSSR count). The van der Waals surface area contributed by atoms with Crippen molar-refractivity contribution in [2.24, 2.45) is 0 Å². The summed E-state index contributed by atoms with van der Waals surface area (Å²) < 4.78 is 34.6. The Hall–Kier alpha value is -3.49. The molecule has 2 aliphatic rings. The van der Waals surface area contributed by atoms with Crippen LogP contribution in [0.3, 0.4) is 0 Å². The highest BCUT2D eigenvalue weighted by Gasteiger charge is 2.28. The van der Waals surface area contributed by atoms with Gasteiger partial charge in [0.1, 0.15) is 23.9 Å². The molecule has 0 amide bonds. The molecule has 7 nitrogen and oxygen atoms in total. The number of benzene rings is 3. The van der Waals surface area contributed by atoms with E-state index in [4.69, 9.17) is 28.4 Å². The van der Waals surface area contributed by atoms with Crippen LogP contribution >= 0.6 is 15.9 Å². The SMILES string of the molecule is COc1cccc(/C=C2\Oc3cc(OCc4cc(Br)cc5c4OCOC5)ccc3C2=O)c1OC. The van der Waals surface area contributed by atoms with Crippen LogP contribution in [0.15, 0.2) is 58.8 Å². The highest BCUT2D eigenvalue weighted by atomic mass is 79.9. The number of carbonyl (C=O) groups is 1. The Kier molecular flexibility index (Phi) is 6.17. The van der Waals surface area contributed by atoms with Gasteiger partial charge in [-0.25, -0.2) is 0 Å². The second kappa shape index (κ2) is 9.40. The molecule has 0 fully saturated rings. The first kappa shape index (κ1) is 22.3. The van der Waals surface area contributed by atoms with Crippen LogP contribution in [0.25, 0.3) is 6.08 Å². The molecule has 34 heavy (non-hydrogen) atoms. The quantitative estimate of drug-likeness (QED) is 0.392. The Morgan fingerprint density at radius 3 is 2.79 bits per heavy atom. The van der Waals surface area contributed by atoms with Crippen LogP contribution in [0.5, 0.6) is 28.7 Å². The van der Waals surface area contributed by atoms with E-state index >= 15 is 0 Å². The standard InChI is InChI=1S/C26H21BrO7/c1-29-21-5-3-4-15(26(21)30-2)10-23-24(28)20-7-6-19(11-22(20)34-23)32-13-17-9-18(27)8-16-12-31-14-33-25(16)17/h3-11H,12-14H2,1-2H3/b23-10-. The van der Waals surface area contributed by atoms with Gasteiger partial charge >= 0.3 is 0 Å². The van der Waals surface area contributed by atoms with E-state index in [1.165, 1.54) is 0 Å². The average Bonchev–Trinajstić information content (AvgIpc) is 3.16. The number of para-hydroxylation sites is 1. The van der Waals surface area contributed by atoms with E-state index in [-0.39, 0.29) is 24.9 Å². The molecule has 0 aromatic heterocycles. The van der Waals surface area contributed by atoms with Crippen molar-refractivity contribution in [2.75, 3.05) is 21.0 Å². The summed E-state index contributed by atoms with van der Waals surface area (Å²) in [7, 11) is 3.11. The third-order valence-corrected chi connectivity index (χ3v) is 5.97. The second-order valence-electron chi connectivity index (χ2n) is 7.63. The molecular weight excluding hydrogens is 504 g/mol. The fourth-order valence-electron chi connectivity index (χ4n) is 3.95. The highest BCUT2D eigenvalue weighted by molar-refractivity contribution is 9.10. The lowest BCUT2D eigenvalue weighted by atomic mass is 10.1. The van der Waals surface area contributed by atoms with E-state index in [1.807, 2.05) is 24.3 Å². The molecule has 0 atom stereocenters. The number of ketones is 1. The third-order valence-electron chi connectivity index (χ3n) is 5.51. The van der Waals surface area contributed by atoms with Gasteiger partial charge in [-0.2, -0.15) is 0 Å². The smallest absolute Gasteiger partial charge is 0.231 e. The van der Waals surface area contributed by atoms with Crippen molar-refractivity contribution in [2.45, 2.75) is 13.2 Å². The Bertz CT molecular complexity index is 1300. The largest absolute Gasteiger partial charge is 0.493 e. The summed E-state index contributed by atoms with van der Waals surface area (Å²) in [6.07, 6.45) is 1.65. The van der Waals surface area contributed by atoms with E-state index in [0.29, 0.717) is 40.7 Å². The Labute approximate surface area is 204 Å². The van der Waals surface area contributed by atoms with Crippen LogP contribution in [0.2, 0.25) is 0 Å². The first-order valence-electron chi connectivity index (χ1n) is 10.5. The molecule has 3 aromatic rings. The molecule has 0 spiro atoms.